The molecule has 0 aromatic heterocycles. The number of carbonyl (C=O) groups is 2. The van der Waals surface area contributed by atoms with Crippen molar-refractivity contribution in [3.05, 3.63) is 60.2 Å². The Morgan fingerprint density at radius 3 is 2.68 bits per heavy atom. The van der Waals surface area contributed by atoms with Crippen LogP contribution in [0.3, 0.4) is 0 Å². The molecular weight excluding hydrogens is 316 g/mol. The van der Waals surface area contributed by atoms with Gasteiger partial charge in [0.25, 0.3) is 0 Å². The first-order valence-corrected chi connectivity index (χ1v) is 8.38. The van der Waals surface area contributed by atoms with E-state index in [1.54, 1.807) is 18.1 Å². The van der Waals surface area contributed by atoms with Gasteiger partial charge < -0.3 is 15.0 Å². The maximum absolute atomic E-state index is 12.5. The number of ether oxygens (including phenoxy) is 1. The lowest BCUT2D eigenvalue weighted by Crippen LogP contribution is -2.30. The van der Waals surface area contributed by atoms with E-state index in [2.05, 4.69) is 5.32 Å². The molecule has 1 fully saturated rings. The van der Waals surface area contributed by atoms with Crippen LogP contribution in [0.5, 0.6) is 5.75 Å². The van der Waals surface area contributed by atoms with Crippen LogP contribution in [-0.2, 0) is 9.59 Å². The quantitative estimate of drug-likeness (QED) is 0.910. The van der Waals surface area contributed by atoms with E-state index >= 15 is 0 Å². The summed E-state index contributed by atoms with van der Waals surface area (Å²) in [5.74, 6) is 0.219. The molecule has 1 N–H and O–H groups in total. The highest BCUT2D eigenvalue weighted by Gasteiger charge is 2.37. The molecule has 3 rings (SSSR count). The zero-order chi connectivity index (χ0) is 17.8. The van der Waals surface area contributed by atoms with Crippen molar-refractivity contribution in [2.45, 2.75) is 19.4 Å². The van der Waals surface area contributed by atoms with Crippen LogP contribution >= 0.6 is 0 Å². The molecule has 0 saturated carbocycles. The molecule has 0 radical (unpaired) electrons. The Morgan fingerprint density at radius 2 is 1.96 bits per heavy atom. The summed E-state index contributed by atoms with van der Waals surface area (Å²) in [4.78, 5) is 26.7. The number of hydrogen-bond donors (Lipinski definition) is 1. The third kappa shape index (κ3) is 3.82. The van der Waals surface area contributed by atoms with Gasteiger partial charge in [0, 0.05) is 24.7 Å². The fraction of sp³-hybridized carbons (Fsp3) is 0.300. The van der Waals surface area contributed by atoms with Crippen molar-refractivity contribution < 1.29 is 14.3 Å². The molecule has 1 saturated heterocycles. The van der Waals surface area contributed by atoms with Crippen molar-refractivity contribution in [3.8, 4) is 5.75 Å². The van der Waals surface area contributed by atoms with E-state index in [-0.39, 0.29) is 30.2 Å². The van der Waals surface area contributed by atoms with Crippen molar-refractivity contribution in [2.24, 2.45) is 5.92 Å². The number of amides is 2. The number of anilines is 1. The first kappa shape index (κ1) is 17.0. The highest BCUT2D eigenvalue weighted by molar-refractivity contribution is 5.97. The van der Waals surface area contributed by atoms with Gasteiger partial charge in [-0.2, -0.15) is 0 Å². The van der Waals surface area contributed by atoms with E-state index in [9.17, 15) is 9.59 Å². The number of methoxy groups -OCH3 is 1. The van der Waals surface area contributed by atoms with Crippen molar-refractivity contribution >= 4 is 17.5 Å². The van der Waals surface area contributed by atoms with Crippen LogP contribution < -0.4 is 10.1 Å². The van der Waals surface area contributed by atoms with Crippen molar-refractivity contribution in [1.29, 1.82) is 0 Å². The average molecular weight is 338 g/mol. The first-order valence-electron chi connectivity index (χ1n) is 8.38. The van der Waals surface area contributed by atoms with Gasteiger partial charge >= 0.3 is 0 Å². The minimum absolute atomic E-state index is 0.0159. The van der Waals surface area contributed by atoms with E-state index in [0.717, 1.165) is 5.56 Å². The Hall–Kier alpha value is -2.82. The van der Waals surface area contributed by atoms with E-state index < -0.39 is 0 Å². The van der Waals surface area contributed by atoms with Crippen molar-refractivity contribution in [3.63, 3.8) is 0 Å². The maximum atomic E-state index is 12.5. The summed E-state index contributed by atoms with van der Waals surface area (Å²) in [7, 11) is 1.58. The molecule has 25 heavy (non-hydrogen) atoms. The maximum Gasteiger partial charge on any atom is 0.229 e. The van der Waals surface area contributed by atoms with Gasteiger partial charge in [-0.25, -0.2) is 0 Å². The topological polar surface area (TPSA) is 58.6 Å². The summed E-state index contributed by atoms with van der Waals surface area (Å²) in [6, 6.07) is 17.0. The van der Waals surface area contributed by atoms with Crippen LogP contribution in [0.2, 0.25) is 0 Å². The summed E-state index contributed by atoms with van der Waals surface area (Å²) in [5, 5.41) is 2.88. The van der Waals surface area contributed by atoms with E-state index in [0.29, 0.717) is 18.0 Å². The predicted molar refractivity (Wildman–Crippen MR) is 96.3 cm³/mol. The van der Waals surface area contributed by atoms with Gasteiger partial charge in [0.1, 0.15) is 5.75 Å². The number of carbonyl (C=O) groups excluding carboxylic acids is 2. The van der Waals surface area contributed by atoms with Crippen LogP contribution in [0.25, 0.3) is 0 Å². The normalized spacial score (nSPS) is 18.1. The number of nitrogens with zero attached hydrogens (tertiary/aromatic N) is 1. The number of hydrogen-bond acceptors (Lipinski definition) is 3. The lowest BCUT2D eigenvalue weighted by atomic mass is 10.1. The van der Waals surface area contributed by atoms with Crippen LogP contribution in [0.15, 0.2) is 54.6 Å². The molecular formula is C20H22N2O3. The average Bonchev–Trinajstić information content (AvgIpc) is 3.04. The van der Waals surface area contributed by atoms with E-state index in [1.165, 1.54) is 0 Å². The molecule has 0 spiro atoms. The number of nitrogens with one attached hydrogen (secondary N) is 1. The largest absolute Gasteiger partial charge is 0.497 e. The van der Waals surface area contributed by atoms with Gasteiger partial charge in [0.05, 0.1) is 19.1 Å². The Morgan fingerprint density at radius 1 is 1.20 bits per heavy atom. The molecule has 0 unspecified atom stereocenters. The fourth-order valence-electron chi connectivity index (χ4n) is 3.14. The third-order valence-electron chi connectivity index (χ3n) is 4.62. The molecule has 5 nitrogen and oxygen atoms in total. The van der Waals surface area contributed by atoms with Gasteiger partial charge in [-0.3, -0.25) is 9.59 Å². The fourth-order valence-corrected chi connectivity index (χ4v) is 3.14. The lowest BCUT2D eigenvalue weighted by Gasteiger charge is -2.25. The summed E-state index contributed by atoms with van der Waals surface area (Å²) >= 11 is 0. The summed E-state index contributed by atoms with van der Waals surface area (Å²) in [6.45, 7) is 2.43. The highest BCUT2D eigenvalue weighted by atomic mass is 16.5. The third-order valence-corrected chi connectivity index (χ3v) is 4.62. The van der Waals surface area contributed by atoms with E-state index in [4.69, 9.17) is 4.74 Å². The number of likely N-dealkylation sites (tertiary alicyclic amines) is 1. The molecule has 2 aromatic carbocycles. The summed E-state index contributed by atoms with van der Waals surface area (Å²) in [5.41, 5.74) is 1.75. The Bertz CT molecular complexity index is 761. The number of rotatable bonds is 5. The van der Waals surface area contributed by atoms with Crippen LogP contribution in [-0.4, -0.2) is 30.4 Å². The van der Waals surface area contributed by atoms with Crippen LogP contribution in [0.4, 0.5) is 5.69 Å². The lowest BCUT2D eigenvalue weighted by molar-refractivity contribution is -0.129. The monoisotopic (exact) mass is 338 g/mol. The second-order valence-corrected chi connectivity index (χ2v) is 6.26. The molecule has 1 aliphatic rings. The molecule has 0 aliphatic carbocycles. The van der Waals surface area contributed by atoms with Gasteiger partial charge in [0.2, 0.25) is 11.8 Å². The van der Waals surface area contributed by atoms with Gasteiger partial charge in [-0.15, -0.1) is 0 Å². The Balaban J connectivity index is 1.66. The second kappa shape index (κ2) is 7.38. The molecule has 1 heterocycles. The van der Waals surface area contributed by atoms with Crippen LogP contribution in [0.1, 0.15) is 24.9 Å². The minimum Gasteiger partial charge on any atom is -0.497 e. The van der Waals surface area contributed by atoms with Gasteiger partial charge in [-0.05, 0) is 24.6 Å². The summed E-state index contributed by atoms with van der Waals surface area (Å²) in [6.07, 6.45) is 0.243. The van der Waals surface area contributed by atoms with Gasteiger partial charge in [-0.1, -0.05) is 36.4 Å². The summed E-state index contributed by atoms with van der Waals surface area (Å²) < 4.78 is 5.16. The number of benzene rings is 2. The van der Waals surface area contributed by atoms with Crippen LogP contribution in [0, 0.1) is 5.92 Å². The molecule has 5 heteroatoms. The predicted octanol–water partition coefficient (Wildman–Crippen LogP) is 3.24. The second-order valence-electron chi connectivity index (χ2n) is 6.26. The molecule has 2 aromatic rings. The van der Waals surface area contributed by atoms with Gasteiger partial charge in [0.15, 0.2) is 0 Å². The molecule has 0 bridgehead atoms. The molecule has 130 valence electrons. The molecule has 2 atom stereocenters. The van der Waals surface area contributed by atoms with E-state index in [1.807, 2.05) is 55.5 Å². The zero-order valence-electron chi connectivity index (χ0n) is 14.4. The Kier molecular flexibility index (Phi) is 5.03. The Labute approximate surface area is 147 Å². The SMILES string of the molecule is COc1cccc(NC(=O)[C@@H]2CC(=O)N([C@@H](C)c3ccccc3)C2)c1. The first-order chi connectivity index (χ1) is 12.1. The highest BCUT2D eigenvalue weighted by Crippen LogP contribution is 2.29. The minimum atomic E-state index is -0.343. The van der Waals surface area contributed by atoms with Crippen molar-refractivity contribution in [2.75, 3.05) is 19.0 Å². The smallest absolute Gasteiger partial charge is 0.229 e. The standard InChI is InChI=1S/C20H22N2O3/c1-14(15-7-4-3-5-8-15)22-13-16(11-19(22)23)20(24)21-17-9-6-10-18(12-17)25-2/h3-10,12,14,16H,11,13H2,1-2H3,(H,21,24)/t14-,16+/m0/s1. The molecule has 2 amide bonds. The van der Waals surface area contributed by atoms with Crippen molar-refractivity contribution in [1.82, 2.24) is 4.90 Å². The molecule has 1 aliphatic heterocycles. The zero-order valence-corrected chi connectivity index (χ0v) is 14.4.